The van der Waals surface area contributed by atoms with Gasteiger partial charge in [0.15, 0.2) is 0 Å². The fourth-order valence-corrected chi connectivity index (χ4v) is 4.16. The van der Waals surface area contributed by atoms with Gasteiger partial charge in [-0.25, -0.2) is 4.79 Å². The zero-order valence-electron chi connectivity index (χ0n) is 20.9. The smallest absolute Gasteiger partial charge is 0.328 e. The zero-order chi connectivity index (χ0) is 25.4. The Kier molecular flexibility index (Phi) is 9.20. The van der Waals surface area contributed by atoms with E-state index in [1.165, 1.54) is 12.7 Å². The molecule has 186 valence electrons. The summed E-state index contributed by atoms with van der Waals surface area (Å²) >= 11 is 0. The van der Waals surface area contributed by atoms with E-state index < -0.39 is 12.1 Å². The van der Waals surface area contributed by atoms with E-state index in [1.54, 1.807) is 4.90 Å². The number of amides is 1. The molecule has 2 unspecified atom stereocenters. The largest absolute Gasteiger partial charge is 0.489 e. The van der Waals surface area contributed by atoms with Crippen LogP contribution < -0.4 is 10.5 Å². The van der Waals surface area contributed by atoms with Gasteiger partial charge in [-0.05, 0) is 49.9 Å². The third kappa shape index (κ3) is 7.02. The van der Waals surface area contributed by atoms with Crippen LogP contribution in [0.4, 0.5) is 0 Å². The van der Waals surface area contributed by atoms with Crippen LogP contribution in [0.15, 0.2) is 60.7 Å². The number of fused-ring (bicyclic) bond motifs is 1. The van der Waals surface area contributed by atoms with E-state index in [0.717, 1.165) is 22.3 Å². The van der Waals surface area contributed by atoms with E-state index in [9.17, 15) is 9.59 Å². The van der Waals surface area contributed by atoms with Crippen molar-refractivity contribution < 1.29 is 19.1 Å². The molecule has 35 heavy (non-hydrogen) atoms. The van der Waals surface area contributed by atoms with Gasteiger partial charge in [0.2, 0.25) is 5.91 Å². The van der Waals surface area contributed by atoms with Crippen LogP contribution in [0.2, 0.25) is 0 Å². The molecule has 0 radical (unpaired) electrons. The molecule has 1 fully saturated rings. The van der Waals surface area contributed by atoms with Crippen LogP contribution in [0, 0.1) is 12.8 Å². The Morgan fingerprint density at radius 2 is 1.83 bits per heavy atom. The second-order valence-electron chi connectivity index (χ2n) is 9.14. The van der Waals surface area contributed by atoms with Crippen molar-refractivity contribution >= 4 is 22.8 Å². The molecule has 2 N–H and O–H groups in total. The second kappa shape index (κ2) is 12.3. The topological polar surface area (TPSA) is 94.8 Å². The third-order valence-corrected chi connectivity index (χ3v) is 5.89. The first-order valence-corrected chi connectivity index (χ1v) is 12.0. The number of hydrogen-bond acceptors (Lipinski definition) is 6. The highest BCUT2D eigenvalue weighted by Crippen LogP contribution is 2.21. The monoisotopic (exact) mass is 477 g/mol. The highest BCUT2D eigenvalue weighted by molar-refractivity contribution is 5.89. The molecule has 7 heteroatoms. The van der Waals surface area contributed by atoms with Crippen LogP contribution in [-0.2, 0) is 20.9 Å². The van der Waals surface area contributed by atoms with Crippen LogP contribution in [0.3, 0.4) is 0 Å². The van der Waals surface area contributed by atoms with Crippen LogP contribution in [-0.4, -0.2) is 47.5 Å². The Balaban J connectivity index is 0.000000199. The first kappa shape index (κ1) is 26.2. The quantitative estimate of drug-likeness (QED) is 0.511. The van der Waals surface area contributed by atoms with Crippen molar-refractivity contribution in [1.82, 2.24) is 9.88 Å². The van der Waals surface area contributed by atoms with Crippen LogP contribution in [0.1, 0.15) is 37.9 Å². The Bertz CT molecular complexity index is 1130. The molecule has 7 nitrogen and oxygen atoms in total. The standard InChI is InChI=1S/C17H15NO.C11H20N2O3/c1-13-11-14(12-19-15-7-3-2-4-8-15)16-9-5-6-10-17(16)18-13;1-7(2)6-9(11(15)16-3)13-5-4-8(12)10(13)14/h2-11H,12H2,1H3;7-9H,4-6,12H2,1-3H3. The minimum atomic E-state index is -0.481. The van der Waals surface area contributed by atoms with Gasteiger partial charge in [-0.3, -0.25) is 9.78 Å². The summed E-state index contributed by atoms with van der Waals surface area (Å²) in [5.74, 6) is 0.724. The average molecular weight is 478 g/mol. The number of aryl methyl sites for hydroxylation is 1. The highest BCUT2D eigenvalue weighted by atomic mass is 16.5. The Labute approximate surface area is 207 Å². The predicted molar refractivity (Wildman–Crippen MR) is 137 cm³/mol. The molecule has 4 rings (SSSR count). The lowest BCUT2D eigenvalue weighted by Gasteiger charge is -2.27. The normalized spacial score (nSPS) is 16.1. The number of nitrogens with two attached hydrogens (primary N) is 1. The van der Waals surface area contributed by atoms with Crippen molar-refractivity contribution in [2.45, 2.75) is 52.3 Å². The molecule has 0 saturated carbocycles. The van der Waals surface area contributed by atoms with E-state index >= 15 is 0 Å². The number of methoxy groups -OCH3 is 1. The van der Waals surface area contributed by atoms with Crippen molar-refractivity contribution in [1.29, 1.82) is 0 Å². The summed E-state index contributed by atoms with van der Waals surface area (Å²) in [5.41, 5.74) is 8.85. The summed E-state index contributed by atoms with van der Waals surface area (Å²) < 4.78 is 10.6. The number of likely N-dealkylation sites (tertiary alicyclic amines) is 1. The van der Waals surface area contributed by atoms with Crippen molar-refractivity contribution in [2.24, 2.45) is 11.7 Å². The van der Waals surface area contributed by atoms with E-state index in [1.807, 2.05) is 69.3 Å². The fourth-order valence-electron chi connectivity index (χ4n) is 4.16. The van der Waals surface area contributed by atoms with Gasteiger partial charge in [0, 0.05) is 23.2 Å². The van der Waals surface area contributed by atoms with Gasteiger partial charge in [-0.2, -0.15) is 0 Å². The Hall–Kier alpha value is -3.45. The van der Waals surface area contributed by atoms with E-state index in [-0.39, 0.29) is 11.9 Å². The van der Waals surface area contributed by atoms with Gasteiger partial charge in [0.25, 0.3) is 0 Å². The summed E-state index contributed by atoms with van der Waals surface area (Å²) in [6.45, 7) is 7.14. The van der Waals surface area contributed by atoms with Gasteiger partial charge >= 0.3 is 5.97 Å². The SMILES string of the molecule is COC(=O)C(CC(C)C)N1CCC(N)C1=O.Cc1cc(COc2ccccc2)c2ccccc2n1. The maximum absolute atomic E-state index is 11.7. The highest BCUT2D eigenvalue weighted by Gasteiger charge is 2.37. The number of esters is 1. The molecule has 3 aromatic rings. The van der Waals surface area contributed by atoms with Crippen LogP contribution in [0.25, 0.3) is 10.9 Å². The van der Waals surface area contributed by atoms with E-state index in [0.29, 0.717) is 31.9 Å². The lowest BCUT2D eigenvalue weighted by molar-refractivity contribution is -0.152. The first-order valence-electron chi connectivity index (χ1n) is 12.0. The summed E-state index contributed by atoms with van der Waals surface area (Å²) in [5, 5.41) is 1.16. The first-order chi connectivity index (χ1) is 16.8. The van der Waals surface area contributed by atoms with Crippen LogP contribution in [0.5, 0.6) is 5.75 Å². The molecule has 0 spiro atoms. The second-order valence-corrected chi connectivity index (χ2v) is 9.14. The molecule has 0 aliphatic carbocycles. The number of ether oxygens (including phenoxy) is 2. The summed E-state index contributed by atoms with van der Waals surface area (Å²) in [4.78, 5) is 29.5. The Morgan fingerprint density at radius 3 is 2.46 bits per heavy atom. The molecule has 2 aromatic carbocycles. The summed E-state index contributed by atoms with van der Waals surface area (Å²) in [7, 11) is 1.34. The van der Waals surface area contributed by atoms with Crippen LogP contribution >= 0.6 is 0 Å². The Morgan fingerprint density at radius 1 is 1.14 bits per heavy atom. The minimum Gasteiger partial charge on any atom is -0.489 e. The van der Waals surface area contributed by atoms with Gasteiger partial charge < -0.3 is 20.1 Å². The predicted octanol–water partition coefficient (Wildman–Crippen LogP) is 4.26. The molecule has 1 aliphatic rings. The van der Waals surface area contributed by atoms with Crippen molar-refractivity contribution in [3.8, 4) is 5.75 Å². The molecule has 0 bridgehead atoms. The fraction of sp³-hybridized carbons (Fsp3) is 0.393. The van der Waals surface area contributed by atoms with E-state index in [4.69, 9.17) is 15.2 Å². The average Bonchev–Trinajstić information content (AvgIpc) is 3.19. The number of carbonyl (C=O) groups excluding carboxylic acids is 2. The number of hydrogen-bond donors (Lipinski definition) is 1. The molecule has 2 atom stereocenters. The molecular formula is C28H35N3O4. The number of para-hydroxylation sites is 2. The number of pyridine rings is 1. The van der Waals surface area contributed by atoms with Gasteiger partial charge in [-0.1, -0.05) is 50.2 Å². The lowest BCUT2D eigenvalue weighted by Crippen LogP contribution is -2.46. The number of nitrogens with zero attached hydrogens (tertiary/aromatic N) is 2. The lowest BCUT2D eigenvalue weighted by atomic mass is 10.0. The van der Waals surface area contributed by atoms with Crippen molar-refractivity contribution in [2.75, 3.05) is 13.7 Å². The summed E-state index contributed by atoms with van der Waals surface area (Å²) in [6, 6.07) is 19.2. The molecule has 1 saturated heterocycles. The minimum absolute atomic E-state index is 0.143. The molecule has 2 heterocycles. The number of benzene rings is 2. The maximum Gasteiger partial charge on any atom is 0.328 e. The zero-order valence-corrected chi connectivity index (χ0v) is 20.9. The molecule has 1 aliphatic heterocycles. The van der Waals surface area contributed by atoms with E-state index in [2.05, 4.69) is 17.1 Å². The number of rotatable bonds is 7. The third-order valence-electron chi connectivity index (χ3n) is 5.89. The molecule has 1 amide bonds. The molecular weight excluding hydrogens is 442 g/mol. The number of carbonyl (C=O) groups is 2. The van der Waals surface area contributed by atoms with Crippen molar-refractivity contribution in [3.05, 3.63) is 71.9 Å². The van der Waals surface area contributed by atoms with Gasteiger partial charge in [-0.15, -0.1) is 0 Å². The van der Waals surface area contributed by atoms with Gasteiger partial charge in [0.1, 0.15) is 18.4 Å². The number of aromatic nitrogens is 1. The summed E-state index contributed by atoms with van der Waals surface area (Å²) in [6.07, 6.45) is 1.23. The molecule has 1 aromatic heterocycles. The van der Waals surface area contributed by atoms with Gasteiger partial charge in [0.05, 0.1) is 18.7 Å². The maximum atomic E-state index is 11.7. The van der Waals surface area contributed by atoms with Crippen molar-refractivity contribution in [3.63, 3.8) is 0 Å².